The van der Waals surface area contributed by atoms with Crippen LogP contribution < -0.4 is 10.6 Å². The van der Waals surface area contributed by atoms with Crippen molar-refractivity contribution in [2.75, 3.05) is 5.32 Å². The standard InChI is InChI=1S/C14H20N2O2/c1-10-6-8-11(9-7-10)15-14(18)16-12-4-2-3-5-13(12)17/h6-9,12-13,17H,2-5H2,1H3,(H2,15,16,18)/t12-,13-/m0/s1. The van der Waals surface area contributed by atoms with Crippen LogP contribution in [0.3, 0.4) is 0 Å². The Labute approximate surface area is 107 Å². The Morgan fingerprint density at radius 3 is 2.56 bits per heavy atom. The Morgan fingerprint density at radius 1 is 1.22 bits per heavy atom. The molecule has 2 rings (SSSR count). The molecule has 4 heteroatoms. The molecule has 18 heavy (non-hydrogen) atoms. The zero-order chi connectivity index (χ0) is 13.0. The van der Waals surface area contributed by atoms with Gasteiger partial charge in [-0.2, -0.15) is 0 Å². The van der Waals surface area contributed by atoms with E-state index in [9.17, 15) is 9.90 Å². The molecule has 1 aromatic rings. The number of carbonyl (C=O) groups is 1. The average Bonchev–Trinajstić information content (AvgIpc) is 2.35. The zero-order valence-electron chi connectivity index (χ0n) is 10.6. The van der Waals surface area contributed by atoms with Gasteiger partial charge in [0.05, 0.1) is 12.1 Å². The quantitative estimate of drug-likeness (QED) is 0.752. The van der Waals surface area contributed by atoms with Gasteiger partial charge in [0.2, 0.25) is 0 Å². The fourth-order valence-electron chi connectivity index (χ4n) is 2.25. The van der Waals surface area contributed by atoms with Crippen LogP contribution in [0.2, 0.25) is 0 Å². The Bertz CT molecular complexity index is 403. The number of anilines is 1. The molecule has 1 saturated carbocycles. The minimum absolute atomic E-state index is 0.121. The summed E-state index contributed by atoms with van der Waals surface area (Å²) >= 11 is 0. The Balaban J connectivity index is 1.86. The van der Waals surface area contributed by atoms with E-state index < -0.39 is 6.10 Å². The predicted molar refractivity (Wildman–Crippen MR) is 71.6 cm³/mol. The first kappa shape index (κ1) is 12.9. The van der Waals surface area contributed by atoms with Crippen molar-refractivity contribution in [2.45, 2.75) is 44.8 Å². The van der Waals surface area contributed by atoms with Gasteiger partial charge in [-0.1, -0.05) is 30.5 Å². The average molecular weight is 248 g/mol. The van der Waals surface area contributed by atoms with Gasteiger partial charge in [0.1, 0.15) is 0 Å². The number of amides is 2. The van der Waals surface area contributed by atoms with E-state index in [0.29, 0.717) is 0 Å². The zero-order valence-corrected chi connectivity index (χ0v) is 10.6. The topological polar surface area (TPSA) is 61.4 Å². The molecule has 3 N–H and O–H groups in total. The summed E-state index contributed by atoms with van der Waals surface area (Å²) in [7, 11) is 0. The highest BCUT2D eigenvalue weighted by molar-refractivity contribution is 5.89. The second-order valence-corrected chi connectivity index (χ2v) is 4.92. The van der Waals surface area contributed by atoms with Crippen molar-refractivity contribution in [1.82, 2.24) is 5.32 Å². The summed E-state index contributed by atoms with van der Waals surface area (Å²) in [5, 5.41) is 15.4. The fraction of sp³-hybridized carbons (Fsp3) is 0.500. The summed E-state index contributed by atoms with van der Waals surface area (Å²) in [6, 6.07) is 7.27. The fourth-order valence-corrected chi connectivity index (χ4v) is 2.25. The van der Waals surface area contributed by atoms with Crippen LogP contribution in [-0.2, 0) is 0 Å². The third-order valence-electron chi connectivity index (χ3n) is 3.36. The largest absolute Gasteiger partial charge is 0.391 e. The highest BCUT2D eigenvalue weighted by Crippen LogP contribution is 2.18. The van der Waals surface area contributed by atoms with E-state index in [2.05, 4.69) is 10.6 Å². The van der Waals surface area contributed by atoms with Gasteiger partial charge in [-0.25, -0.2) is 4.79 Å². The normalized spacial score (nSPS) is 23.4. The van der Waals surface area contributed by atoms with Crippen molar-refractivity contribution in [2.24, 2.45) is 0 Å². The van der Waals surface area contributed by atoms with Crippen LogP contribution in [0, 0.1) is 6.92 Å². The molecule has 1 aliphatic rings. The number of hydrogen-bond donors (Lipinski definition) is 3. The van der Waals surface area contributed by atoms with E-state index in [1.807, 2.05) is 31.2 Å². The molecule has 0 bridgehead atoms. The molecule has 1 aromatic carbocycles. The monoisotopic (exact) mass is 248 g/mol. The van der Waals surface area contributed by atoms with E-state index in [1.165, 1.54) is 0 Å². The molecule has 0 saturated heterocycles. The van der Waals surface area contributed by atoms with Crippen LogP contribution in [0.5, 0.6) is 0 Å². The molecule has 2 atom stereocenters. The Kier molecular flexibility index (Phi) is 4.20. The van der Waals surface area contributed by atoms with E-state index >= 15 is 0 Å². The van der Waals surface area contributed by atoms with Crippen molar-refractivity contribution in [3.63, 3.8) is 0 Å². The third-order valence-corrected chi connectivity index (χ3v) is 3.36. The number of urea groups is 1. The summed E-state index contributed by atoms with van der Waals surface area (Å²) < 4.78 is 0. The van der Waals surface area contributed by atoms with Gasteiger partial charge in [-0.05, 0) is 31.9 Å². The van der Waals surface area contributed by atoms with Gasteiger partial charge in [0, 0.05) is 5.69 Å². The number of aliphatic hydroxyl groups is 1. The number of benzene rings is 1. The van der Waals surface area contributed by atoms with Crippen molar-refractivity contribution in [3.8, 4) is 0 Å². The lowest BCUT2D eigenvalue weighted by Gasteiger charge is -2.28. The van der Waals surface area contributed by atoms with E-state index in [-0.39, 0.29) is 12.1 Å². The summed E-state index contributed by atoms with van der Waals surface area (Å²) in [6.45, 7) is 2.00. The summed E-state index contributed by atoms with van der Waals surface area (Å²) in [4.78, 5) is 11.8. The summed E-state index contributed by atoms with van der Waals surface area (Å²) in [6.07, 6.45) is 3.31. The Hall–Kier alpha value is -1.55. The van der Waals surface area contributed by atoms with Gasteiger partial charge >= 0.3 is 6.03 Å². The maximum absolute atomic E-state index is 11.8. The maximum Gasteiger partial charge on any atom is 0.319 e. The molecule has 0 aliphatic heterocycles. The van der Waals surface area contributed by atoms with E-state index in [0.717, 1.165) is 36.9 Å². The lowest BCUT2D eigenvalue weighted by Crippen LogP contribution is -2.46. The predicted octanol–water partition coefficient (Wildman–Crippen LogP) is 2.42. The van der Waals surface area contributed by atoms with Gasteiger partial charge in [0.25, 0.3) is 0 Å². The molecule has 2 amide bonds. The molecular formula is C14H20N2O2. The first-order valence-electron chi connectivity index (χ1n) is 6.47. The van der Waals surface area contributed by atoms with E-state index in [1.54, 1.807) is 0 Å². The van der Waals surface area contributed by atoms with Crippen molar-refractivity contribution in [3.05, 3.63) is 29.8 Å². The van der Waals surface area contributed by atoms with Gasteiger partial charge in [-0.15, -0.1) is 0 Å². The van der Waals surface area contributed by atoms with Gasteiger partial charge in [0.15, 0.2) is 0 Å². The smallest absolute Gasteiger partial charge is 0.319 e. The number of aryl methyl sites for hydroxylation is 1. The highest BCUT2D eigenvalue weighted by Gasteiger charge is 2.24. The molecule has 0 unspecified atom stereocenters. The lowest BCUT2D eigenvalue weighted by atomic mass is 9.93. The SMILES string of the molecule is Cc1ccc(NC(=O)N[C@H]2CCCC[C@@H]2O)cc1. The lowest BCUT2D eigenvalue weighted by molar-refractivity contribution is 0.0955. The van der Waals surface area contributed by atoms with Crippen molar-refractivity contribution >= 4 is 11.7 Å². The molecule has 0 spiro atoms. The van der Waals surface area contributed by atoms with Crippen molar-refractivity contribution in [1.29, 1.82) is 0 Å². The van der Waals surface area contributed by atoms with Gasteiger partial charge in [-0.3, -0.25) is 0 Å². The molecule has 0 heterocycles. The van der Waals surface area contributed by atoms with Crippen LogP contribution in [0.15, 0.2) is 24.3 Å². The van der Waals surface area contributed by atoms with E-state index in [4.69, 9.17) is 0 Å². The third kappa shape index (κ3) is 3.47. The highest BCUT2D eigenvalue weighted by atomic mass is 16.3. The molecule has 1 aliphatic carbocycles. The number of hydrogen-bond acceptors (Lipinski definition) is 2. The van der Waals surface area contributed by atoms with Crippen LogP contribution >= 0.6 is 0 Å². The second kappa shape index (κ2) is 5.87. The van der Waals surface area contributed by atoms with Crippen LogP contribution in [0.25, 0.3) is 0 Å². The Morgan fingerprint density at radius 2 is 1.89 bits per heavy atom. The minimum Gasteiger partial charge on any atom is -0.391 e. The molecule has 1 fully saturated rings. The number of aliphatic hydroxyl groups excluding tert-OH is 1. The first-order valence-corrected chi connectivity index (χ1v) is 6.47. The molecule has 0 radical (unpaired) electrons. The van der Waals surface area contributed by atoms with Crippen LogP contribution in [-0.4, -0.2) is 23.3 Å². The number of nitrogens with one attached hydrogen (secondary N) is 2. The maximum atomic E-state index is 11.8. The van der Waals surface area contributed by atoms with Gasteiger partial charge < -0.3 is 15.7 Å². The first-order chi connectivity index (χ1) is 8.65. The molecular weight excluding hydrogens is 228 g/mol. The van der Waals surface area contributed by atoms with Crippen molar-refractivity contribution < 1.29 is 9.90 Å². The molecule has 4 nitrogen and oxygen atoms in total. The molecule has 98 valence electrons. The van der Waals surface area contributed by atoms with Crippen LogP contribution in [0.4, 0.5) is 10.5 Å². The number of rotatable bonds is 2. The second-order valence-electron chi connectivity index (χ2n) is 4.92. The minimum atomic E-state index is -0.414. The number of carbonyl (C=O) groups excluding carboxylic acids is 1. The molecule has 0 aromatic heterocycles. The summed E-state index contributed by atoms with van der Waals surface area (Å²) in [5.41, 5.74) is 1.92. The van der Waals surface area contributed by atoms with Crippen LogP contribution in [0.1, 0.15) is 31.2 Å². The summed E-state index contributed by atoms with van der Waals surface area (Å²) in [5.74, 6) is 0.